The largest absolute Gasteiger partial charge is 0.475 e. The Labute approximate surface area is 97.2 Å². The van der Waals surface area contributed by atoms with Crippen LogP contribution in [0, 0.1) is 0 Å². The molecule has 1 saturated heterocycles. The van der Waals surface area contributed by atoms with Crippen LogP contribution < -0.4 is 10.1 Å². The van der Waals surface area contributed by atoms with Gasteiger partial charge in [-0.2, -0.15) is 0 Å². The van der Waals surface area contributed by atoms with Crippen LogP contribution in [0.25, 0.3) is 0 Å². The van der Waals surface area contributed by atoms with Gasteiger partial charge in [-0.25, -0.2) is 4.98 Å². The first kappa shape index (κ1) is 11.4. The number of nitrogens with one attached hydrogen (secondary N) is 1. The number of hydrogen-bond donors (Lipinski definition) is 1. The molecule has 0 saturated carbocycles. The molecule has 1 aromatic rings. The predicted octanol–water partition coefficient (Wildman–Crippen LogP) is 2.68. The first-order valence-electron chi connectivity index (χ1n) is 6.12. The first-order valence-corrected chi connectivity index (χ1v) is 6.12. The number of hydrogen-bond acceptors (Lipinski definition) is 3. The first-order chi connectivity index (χ1) is 7.77. The van der Waals surface area contributed by atoms with Crippen molar-refractivity contribution in [2.45, 2.75) is 45.3 Å². The van der Waals surface area contributed by atoms with Gasteiger partial charge in [0.2, 0.25) is 5.88 Å². The highest BCUT2D eigenvalue weighted by atomic mass is 16.5. The quantitative estimate of drug-likeness (QED) is 0.850. The summed E-state index contributed by atoms with van der Waals surface area (Å²) in [5.74, 6) is 0.789. The van der Waals surface area contributed by atoms with Crippen molar-refractivity contribution in [2.75, 3.05) is 6.54 Å². The molecule has 16 heavy (non-hydrogen) atoms. The van der Waals surface area contributed by atoms with Gasteiger partial charge in [-0.1, -0.05) is 12.5 Å². The minimum atomic E-state index is 0.178. The van der Waals surface area contributed by atoms with Crippen LogP contribution in [0.2, 0.25) is 0 Å². The fourth-order valence-electron chi connectivity index (χ4n) is 2.11. The molecule has 0 aromatic carbocycles. The minimum absolute atomic E-state index is 0.178. The zero-order chi connectivity index (χ0) is 11.4. The molecular formula is C13H20N2O. The highest BCUT2D eigenvalue weighted by Gasteiger charge is 2.19. The molecule has 1 N–H and O–H groups in total. The van der Waals surface area contributed by atoms with E-state index >= 15 is 0 Å². The van der Waals surface area contributed by atoms with Crippen molar-refractivity contribution in [3.05, 3.63) is 23.9 Å². The van der Waals surface area contributed by atoms with E-state index in [1.54, 1.807) is 6.20 Å². The molecule has 1 aromatic heterocycles. The van der Waals surface area contributed by atoms with E-state index in [1.807, 2.05) is 19.9 Å². The summed E-state index contributed by atoms with van der Waals surface area (Å²) in [5, 5.41) is 3.53. The van der Waals surface area contributed by atoms with Crippen LogP contribution in [0.3, 0.4) is 0 Å². The zero-order valence-electron chi connectivity index (χ0n) is 10.1. The van der Waals surface area contributed by atoms with E-state index in [1.165, 1.54) is 24.8 Å². The number of aromatic nitrogens is 1. The summed E-state index contributed by atoms with van der Waals surface area (Å²) in [6.07, 6.45) is 5.71. The van der Waals surface area contributed by atoms with Crippen molar-refractivity contribution in [1.82, 2.24) is 10.3 Å². The maximum absolute atomic E-state index is 5.75. The van der Waals surface area contributed by atoms with E-state index < -0.39 is 0 Å². The summed E-state index contributed by atoms with van der Waals surface area (Å²) < 4.78 is 5.75. The molecule has 1 aliphatic rings. The number of pyridine rings is 1. The SMILES string of the molecule is CC(C)Oc1ncccc1[C@H]1CCCCN1. The monoisotopic (exact) mass is 220 g/mol. The average Bonchev–Trinajstić information content (AvgIpc) is 2.30. The maximum atomic E-state index is 5.75. The molecule has 88 valence electrons. The van der Waals surface area contributed by atoms with Gasteiger partial charge in [0.15, 0.2) is 0 Å². The van der Waals surface area contributed by atoms with Gasteiger partial charge < -0.3 is 10.1 Å². The van der Waals surface area contributed by atoms with E-state index in [0.29, 0.717) is 6.04 Å². The lowest BCUT2D eigenvalue weighted by molar-refractivity contribution is 0.226. The van der Waals surface area contributed by atoms with Crippen molar-refractivity contribution in [3.63, 3.8) is 0 Å². The average molecular weight is 220 g/mol. The Balaban J connectivity index is 2.17. The molecule has 0 radical (unpaired) electrons. The second-order valence-corrected chi connectivity index (χ2v) is 4.57. The topological polar surface area (TPSA) is 34.1 Å². The molecule has 2 heterocycles. The molecule has 1 fully saturated rings. The lowest BCUT2D eigenvalue weighted by Crippen LogP contribution is -2.27. The Morgan fingerprint density at radius 2 is 2.31 bits per heavy atom. The Morgan fingerprint density at radius 3 is 3.00 bits per heavy atom. The van der Waals surface area contributed by atoms with E-state index in [0.717, 1.165) is 12.4 Å². The summed E-state index contributed by atoms with van der Waals surface area (Å²) in [5.41, 5.74) is 1.20. The minimum Gasteiger partial charge on any atom is -0.475 e. The second kappa shape index (κ2) is 5.30. The number of piperidine rings is 1. The Hall–Kier alpha value is -1.09. The van der Waals surface area contributed by atoms with E-state index in [9.17, 15) is 0 Å². The third-order valence-corrected chi connectivity index (χ3v) is 2.83. The fourth-order valence-corrected chi connectivity index (χ4v) is 2.11. The highest BCUT2D eigenvalue weighted by molar-refractivity contribution is 5.29. The Bertz CT molecular complexity index is 332. The normalized spacial score (nSPS) is 21.1. The van der Waals surface area contributed by atoms with Crippen LogP contribution in [-0.2, 0) is 0 Å². The molecular weight excluding hydrogens is 200 g/mol. The van der Waals surface area contributed by atoms with Gasteiger partial charge in [0.05, 0.1) is 6.10 Å². The van der Waals surface area contributed by atoms with Gasteiger partial charge in [0, 0.05) is 17.8 Å². The summed E-state index contributed by atoms with van der Waals surface area (Å²) in [6.45, 7) is 5.17. The summed E-state index contributed by atoms with van der Waals surface area (Å²) in [6, 6.07) is 4.52. The maximum Gasteiger partial charge on any atom is 0.218 e. The number of ether oxygens (including phenoxy) is 1. The van der Waals surface area contributed by atoms with Gasteiger partial charge in [0.25, 0.3) is 0 Å². The number of rotatable bonds is 3. The van der Waals surface area contributed by atoms with E-state index in [4.69, 9.17) is 4.74 Å². The van der Waals surface area contributed by atoms with Crippen molar-refractivity contribution in [2.24, 2.45) is 0 Å². The molecule has 3 nitrogen and oxygen atoms in total. The Kier molecular flexibility index (Phi) is 3.78. The van der Waals surface area contributed by atoms with Crippen molar-refractivity contribution in [3.8, 4) is 5.88 Å². The van der Waals surface area contributed by atoms with Crippen molar-refractivity contribution in [1.29, 1.82) is 0 Å². The number of nitrogens with zero attached hydrogens (tertiary/aromatic N) is 1. The third-order valence-electron chi connectivity index (χ3n) is 2.83. The molecule has 0 bridgehead atoms. The smallest absolute Gasteiger partial charge is 0.218 e. The van der Waals surface area contributed by atoms with Crippen LogP contribution in [-0.4, -0.2) is 17.6 Å². The lowest BCUT2D eigenvalue weighted by atomic mass is 9.98. The fraction of sp³-hybridized carbons (Fsp3) is 0.615. The van der Waals surface area contributed by atoms with Crippen molar-refractivity contribution >= 4 is 0 Å². The van der Waals surface area contributed by atoms with Crippen LogP contribution in [0.1, 0.15) is 44.7 Å². The standard InChI is InChI=1S/C13H20N2O/c1-10(2)16-13-11(6-5-9-15-13)12-7-3-4-8-14-12/h5-6,9-10,12,14H,3-4,7-8H2,1-2H3/t12-/m1/s1. The third kappa shape index (κ3) is 2.73. The van der Waals surface area contributed by atoms with Crippen molar-refractivity contribution < 1.29 is 4.74 Å². The molecule has 0 aliphatic carbocycles. The van der Waals surface area contributed by atoms with Gasteiger partial charge >= 0.3 is 0 Å². The van der Waals surface area contributed by atoms with Gasteiger partial charge in [0.1, 0.15) is 0 Å². The molecule has 3 heteroatoms. The van der Waals surface area contributed by atoms with Gasteiger partial charge in [-0.05, 0) is 39.3 Å². The van der Waals surface area contributed by atoms with Crippen LogP contribution in [0.5, 0.6) is 5.88 Å². The summed E-state index contributed by atoms with van der Waals surface area (Å²) in [4.78, 5) is 4.33. The van der Waals surface area contributed by atoms with Crippen LogP contribution >= 0.6 is 0 Å². The second-order valence-electron chi connectivity index (χ2n) is 4.57. The predicted molar refractivity (Wildman–Crippen MR) is 64.6 cm³/mol. The summed E-state index contributed by atoms with van der Waals surface area (Å²) >= 11 is 0. The van der Waals surface area contributed by atoms with E-state index in [-0.39, 0.29) is 6.10 Å². The van der Waals surface area contributed by atoms with Gasteiger partial charge in [-0.15, -0.1) is 0 Å². The molecule has 1 aliphatic heterocycles. The summed E-state index contributed by atoms with van der Waals surface area (Å²) in [7, 11) is 0. The molecule has 0 amide bonds. The van der Waals surface area contributed by atoms with E-state index in [2.05, 4.69) is 16.4 Å². The van der Waals surface area contributed by atoms with Gasteiger partial charge in [-0.3, -0.25) is 0 Å². The zero-order valence-corrected chi connectivity index (χ0v) is 10.1. The molecule has 0 spiro atoms. The van der Waals surface area contributed by atoms with Crippen LogP contribution in [0.15, 0.2) is 18.3 Å². The lowest BCUT2D eigenvalue weighted by Gasteiger charge is -2.25. The van der Waals surface area contributed by atoms with Crippen LogP contribution in [0.4, 0.5) is 0 Å². The molecule has 0 unspecified atom stereocenters. The Morgan fingerprint density at radius 1 is 1.44 bits per heavy atom. The molecule has 2 rings (SSSR count). The molecule has 1 atom stereocenters. The highest BCUT2D eigenvalue weighted by Crippen LogP contribution is 2.29.